The molecule has 3 rings (SSSR count). The summed E-state index contributed by atoms with van der Waals surface area (Å²) < 4.78 is 7.69. The van der Waals surface area contributed by atoms with Crippen molar-refractivity contribution in [2.45, 2.75) is 38.8 Å². The number of nitrogens with one attached hydrogen (secondary N) is 1. The molecule has 3 heterocycles. The lowest BCUT2D eigenvalue weighted by molar-refractivity contribution is 0.183. The van der Waals surface area contributed by atoms with Gasteiger partial charge < -0.3 is 10.1 Å². The summed E-state index contributed by atoms with van der Waals surface area (Å²) in [4.78, 5) is 0. The third-order valence-electron chi connectivity index (χ3n) is 3.63. The number of fused-ring (bicyclic) bond motifs is 1. The van der Waals surface area contributed by atoms with Crippen LogP contribution in [0.1, 0.15) is 36.3 Å². The Morgan fingerprint density at radius 1 is 1.56 bits per heavy atom. The lowest BCUT2D eigenvalue weighted by Crippen LogP contribution is -2.26. The van der Waals surface area contributed by atoms with Crippen molar-refractivity contribution in [3.8, 4) is 0 Å². The van der Waals surface area contributed by atoms with Crippen molar-refractivity contribution in [2.75, 3.05) is 19.8 Å². The summed E-state index contributed by atoms with van der Waals surface area (Å²) in [7, 11) is 0. The van der Waals surface area contributed by atoms with Crippen LogP contribution < -0.4 is 5.32 Å². The average molecular weight is 221 g/mol. The zero-order valence-corrected chi connectivity index (χ0v) is 9.83. The zero-order chi connectivity index (χ0) is 11.0. The molecule has 88 valence electrons. The first-order chi connectivity index (χ1) is 7.90. The van der Waals surface area contributed by atoms with E-state index in [1.54, 1.807) is 0 Å². The predicted octanol–water partition coefficient (Wildman–Crippen LogP) is 1.05. The molecule has 4 heteroatoms. The van der Waals surface area contributed by atoms with Crippen LogP contribution in [0.5, 0.6) is 0 Å². The highest BCUT2D eigenvalue weighted by atomic mass is 16.5. The van der Waals surface area contributed by atoms with Crippen LogP contribution in [-0.4, -0.2) is 29.5 Å². The molecule has 0 bridgehead atoms. The van der Waals surface area contributed by atoms with Crippen molar-refractivity contribution < 1.29 is 4.74 Å². The molecule has 1 N–H and O–H groups in total. The zero-order valence-electron chi connectivity index (χ0n) is 9.83. The Hall–Kier alpha value is -0.870. The number of aromatic nitrogens is 2. The Bertz CT molecular complexity index is 380. The van der Waals surface area contributed by atoms with Gasteiger partial charge in [0.05, 0.1) is 24.0 Å². The summed E-state index contributed by atoms with van der Waals surface area (Å²) in [5, 5.41) is 8.23. The molecular weight excluding hydrogens is 202 g/mol. The molecule has 0 radical (unpaired) electrons. The molecule has 0 aromatic carbocycles. The fourth-order valence-electron chi connectivity index (χ4n) is 2.75. The van der Waals surface area contributed by atoms with Crippen molar-refractivity contribution in [3.63, 3.8) is 0 Å². The minimum absolute atomic E-state index is 0.467. The average Bonchev–Trinajstić information content (AvgIpc) is 2.95. The molecule has 16 heavy (non-hydrogen) atoms. The number of aryl methyl sites for hydroxylation is 1. The first-order valence-corrected chi connectivity index (χ1v) is 6.27. The molecule has 2 aliphatic heterocycles. The van der Waals surface area contributed by atoms with Gasteiger partial charge in [-0.25, -0.2) is 0 Å². The molecule has 4 nitrogen and oxygen atoms in total. The van der Waals surface area contributed by atoms with E-state index in [2.05, 4.69) is 16.9 Å². The van der Waals surface area contributed by atoms with Crippen molar-refractivity contribution in [3.05, 3.63) is 17.0 Å². The third-order valence-corrected chi connectivity index (χ3v) is 3.63. The maximum Gasteiger partial charge on any atom is 0.0778 e. The van der Waals surface area contributed by atoms with E-state index in [1.807, 2.05) is 0 Å². The highest BCUT2D eigenvalue weighted by Gasteiger charge is 2.26. The van der Waals surface area contributed by atoms with Crippen LogP contribution in [0, 0.1) is 0 Å². The minimum atomic E-state index is 0.467. The summed E-state index contributed by atoms with van der Waals surface area (Å²) in [6.07, 6.45) is 3.28. The van der Waals surface area contributed by atoms with Gasteiger partial charge in [0.2, 0.25) is 0 Å². The molecule has 1 unspecified atom stereocenters. The SMILES string of the molecule is CCc1nn(C2CCOC2)c2c1CCNC2. The van der Waals surface area contributed by atoms with E-state index in [0.29, 0.717) is 6.04 Å². The molecule has 1 atom stereocenters. The topological polar surface area (TPSA) is 39.1 Å². The van der Waals surface area contributed by atoms with Crippen LogP contribution in [0.3, 0.4) is 0 Å². The van der Waals surface area contributed by atoms with Crippen molar-refractivity contribution in [1.29, 1.82) is 0 Å². The summed E-state index contributed by atoms with van der Waals surface area (Å²) >= 11 is 0. The van der Waals surface area contributed by atoms with Gasteiger partial charge in [0, 0.05) is 13.2 Å². The maximum atomic E-state index is 5.46. The fraction of sp³-hybridized carbons (Fsp3) is 0.750. The molecule has 0 saturated carbocycles. The van der Waals surface area contributed by atoms with E-state index in [0.717, 1.165) is 45.6 Å². The van der Waals surface area contributed by atoms with Gasteiger partial charge >= 0.3 is 0 Å². The highest BCUT2D eigenvalue weighted by molar-refractivity contribution is 5.29. The van der Waals surface area contributed by atoms with Crippen LogP contribution in [0.4, 0.5) is 0 Å². The molecule has 1 saturated heterocycles. The van der Waals surface area contributed by atoms with Gasteiger partial charge in [-0.2, -0.15) is 5.10 Å². The van der Waals surface area contributed by atoms with Gasteiger partial charge in [-0.1, -0.05) is 6.92 Å². The second-order valence-corrected chi connectivity index (χ2v) is 4.61. The second kappa shape index (κ2) is 4.18. The number of nitrogens with zero attached hydrogens (tertiary/aromatic N) is 2. The lowest BCUT2D eigenvalue weighted by atomic mass is 10.0. The fourth-order valence-corrected chi connectivity index (χ4v) is 2.75. The van der Waals surface area contributed by atoms with Crippen molar-refractivity contribution in [1.82, 2.24) is 15.1 Å². The molecule has 0 spiro atoms. The van der Waals surface area contributed by atoms with E-state index in [9.17, 15) is 0 Å². The number of hydrogen-bond donors (Lipinski definition) is 1. The Balaban J connectivity index is 2.00. The number of hydrogen-bond acceptors (Lipinski definition) is 3. The van der Waals surface area contributed by atoms with Crippen molar-refractivity contribution >= 4 is 0 Å². The van der Waals surface area contributed by atoms with Crippen LogP contribution in [0.25, 0.3) is 0 Å². The van der Waals surface area contributed by atoms with E-state index in [4.69, 9.17) is 9.84 Å². The quantitative estimate of drug-likeness (QED) is 0.811. The summed E-state index contributed by atoms with van der Waals surface area (Å²) in [5.74, 6) is 0. The second-order valence-electron chi connectivity index (χ2n) is 4.61. The van der Waals surface area contributed by atoms with Gasteiger partial charge in [-0.15, -0.1) is 0 Å². The molecule has 2 aliphatic rings. The Morgan fingerprint density at radius 2 is 2.50 bits per heavy atom. The first-order valence-electron chi connectivity index (χ1n) is 6.27. The Kier molecular flexibility index (Phi) is 2.69. The van der Waals surface area contributed by atoms with Crippen LogP contribution >= 0.6 is 0 Å². The van der Waals surface area contributed by atoms with Gasteiger partial charge in [0.1, 0.15) is 0 Å². The molecular formula is C12H19N3O. The van der Waals surface area contributed by atoms with Crippen molar-refractivity contribution in [2.24, 2.45) is 0 Å². The summed E-state index contributed by atoms with van der Waals surface area (Å²) in [6.45, 7) is 5.97. The monoisotopic (exact) mass is 221 g/mol. The smallest absolute Gasteiger partial charge is 0.0778 e. The number of ether oxygens (including phenoxy) is 1. The van der Waals surface area contributed by atoms with Gasteiger partial charge in [0.15, 0.2) is 0 Å². The standard InChI is InChI=1S/C12H19N3O/c1-2-11-10-3-5-13-7-12(10)15(14-11)9-4-6-16-8-9/h9,13H,2-8H2,1H3. The van der Waals surface area contributed by atoms with E-state index < -0.39 is 0 Å². The lowest BCUT2D eigenvalue weighted by Gasteiger charge is -2.18. The third kappa shape index (κ3) is 1.57. The van der Waals surface area contributed by atoms with Gasteiger partial charge in [-0.05, 0) is 31.4 Å². The minimum Gasteiger partial charge on any atom is -0.379 e. The number of rotatable bonds is 2. The van der Waals surface area contributed by atoms with E-state index >= 15 is 0 Å². The normalized spacial score (nSPS) is 24.7. The molecule has 1 fully saturated rings. The molecule has 1 aromatic heterocycles. The Labute approximate surface area is 96.0 Å². The van der Waals surface area contributed by atoms with E-state index in [-0.39, 0.29) is 0 Å². The van der Waals surface area contributed by atoms with Crippen LogP contribution in [0.2, 0.25) is 0 Å². The van der Waals surface area contributed by atoms with Crippen LogP contribution in [0.15, 0.2) is 0 Å². The molecule has 1 aromatic rings. The van der Waals surface area contributed by atoms with Gasteiger partial charge in [0.25, 0.3) is 0 Å². The predicted molar refractivity (Wildman–Crippen MR) is 61.5 cm³/mol. The summed E-state index contributed by atoms with van der Waals surface area (Å²) in [6, 6.07) is 0.467. The van der Waals surface area contributed by atoms with E-state index in [1.165, 1.54) is 17.0 Å². The molecule has 0 aliphatic carbocycles. The first kappa shape index (κ1) is 10.3. The maximum absolute atomic E-state index is 5.46. The largest absolute Gasteiger partial charge is 0.379 e. The van der Waals surface area contributed by atoms with Crippen LogP contribution in [-0.2, 0) is 24.1 Å². The van der Waals surface area contributed by atoms with Gasteiger partial charge in [-0.3, -0.25) is 4.68 Å². The highest BCUT2D eigenvalue weighted by Crippen LogP contribution is 2.26. The Morgan fingerprint density at radius 3 is 3.25 bits per heavy atom. The summed E-state index contributed by atoms with van der Waals surface area (Å²) in [5.41, 5.74) is 4.19. The molecule has 0 amide bonds.